The van der Waals surface area contributed by atoms with Gasteiger partial charge in [0.2, 0.25) is 0 Å². The van der Waals surface area contributed by atoms with Gasteiger partial charge in [-0.3, -0.25) is 19.2 Å². The van der Waals surface area contributed by atoms with E-state index in [2.05, 4.69) is 55.2 Å². The van der Waals surface area contributed by atoms with Crippen LogP contribution in [0.25, 0.3) is 0 Å². The zero-order valence-corrected chi connectivity index (χ0v) is 44.2. The van der Waals surface area contributed by atoms with Gasteiger partial charge in [0, 0.05) is 60.4 Å². The van der Waals surface area contributed by atoms with Gasteiger partial charge < -0.3 is 45.0 Å². The van der Waals surface area contributed by atoms with Crippen LogP contribution in [-0.2, 0) is 28.5 Å². The van der Waals surface area contributed by atoms with Crippen molar-refractivity contribution in [2.75, 3.05) is 32.1 Å². The Labute approximate surface area is 438 Å². The number of amides is 4. The molecule has 4 aromatic rings. The Balaban J connectivity index is 1.31. The molecule has 5 rings (SSSR count). The molecule has 4 N–H and O–H groups in total. The van der Waals surface area contributed by atoms with E-state index in [-0.39, 0.29) is 99.6 Å². The van der Waals surface area contributed by atoms with E-state index in [0.29, 0.717) is 29.8 Å². The van der Waals surface area contributed by atoms with Crippen molar-refractivity contribution < 1.29 is 62.0 Å². The number of carbonyl (C=O) groups is 8. The van der Waals surface area contributed by atoms with Crippen LogP contribution in [0, 0.1) is 17.8 Å². The Morgan fingerprint density at radius 2 is 1.11 bits per heavy atom. The van der Waals surface area contributed by atoms with Crippen LogP contribution in [0.1, 0.15) is 148 Å². The summed E-state index contributed by atoms with van der Waals surface area (Å²) in [5.74, 6) is -4.50. The standard InChI is InChI=1S/C58H68N4O13/c1-34(2)53(67)73-37(6)24-26-71-55(69)45-22-20-43(28-47(45)51(65)59-11)75-44-21-23-46(56(70)72-27-25-38(7)74-54(68)35(3)4)48(29-44)52(66)61-41-18-16-40(17-19-41)50(64)62-42-30-57(8,9)32-58(10,31-42)33-60-49(63)39-14-12-36(5)13-15-39/h12-23,28-29,37-38,42H,1,3,24-27,30-33H2,2,4-11H3,(H,59,65)(H,60,63)(H,61,66)(H,62,64). The van der Waals surface area contributed by atoms with Crippen molar-refractivity contribution in [1.82, 2.24) is 16.0 Å². The van der Waals surface area contributed by atoms with Gasteiger partial charge >= 0.3 is 23.9 Å². The SMILES string of the molecule is C=C(C)C(=O)OC(C)CCOC(=O)c1ccc(Oc2ccc(C(=O)OCCC(C)OC(=O)C(=C)C)c(C(=O)Nc3ccc(C(=O)NC4CC(C)(C)CC(C)(CNC(=O)c5ccc(C)cc5)C4)cc3)c2)cc1C(=O)NC. The van der Waals surface area contributed by atoms with Gasteiger partial charge in [-0.1, -0.05) is 51.6 Å². The highest BCUT2D eigenvalue weighted by Crippen LogP contribution is 2.46. The maximum atomic E-state index is 14.1. The second-order valence-electron chi connectivity index (χ2n) is 20.2. The van der Waals surface area contributed by atoms with Crippen LogP contribution < -0.4 is 26.0 Å². The van der Waals surface area contributed by atoms with Crippen LogP contribution in [0.2, 0.25) is 0 Å². The van der Waals surface area contributed by atoms with Crippen molar-refractivity contribution in [2.45, 2.75) is 106 Å². The van der Waals surface area contributed by atoms with E-state index in [1.165, 1.54) is 57.3 Å². The fourth-order valence-electron chi connectivity index (χ4n) is 8.79. The molecule has 0 saturated heterocycles. The molecule has 0 aliphatic heterocycles. The third kappa shape index (κ3) is 17.0. The Bertz CT molecular complexity index is 2820. The fourth-order valence-corrected chi connectivity index (χ4v) is 8.79. The smallest absolute Gasteiger partial charge is 0.338 e. The zero-order chi connectivity index (χ0) is 55.2. The predicted octanol–water partition coefficient (Wildman–Crippen LogP) is 9.25. The molecule has 4 atom stereocenters. The number of carbonyl (C=O) groups excluding carboxylic acids is 8. The second kappa shape index (κ2) is 25.7. The van der Waals surface area contributed by atoms with Gasteiger partial charge in [0.25, 0.3) is 23.6 Å². The monoisotopic (exact) mass is 1030 g/mol. The normalized spacial score (nSPS) is 16.4. The lowest BCUT2D eigenvalue weighted by Crippen LogP contribution is -2.50. The molecule has 1 aliphatic rings. The highest BCUT2D eigenvalue weighted by atomic mass is 16.6. The number of rotatable bonds is 22. The molecule has 4 aromatic carbocycles. The maximum Gasteiger partial charge on any atom is 0.338 e. The van der Waals surface area contributed by atoms with Gasteiger partial charge in [-0.05, 0) is 138 Å². The van der Waals surface area contributed by atoms with E-state index in [4.69, 9.17) is 23.7 Å². The van der Waals surface area contributed by atoms with Gasteiger partial charge in [0.05, 0.1) is 35.5 Å². The van der Waals surface area contributed by atoms with Crippen LogP contribution in [0.5, 0.6) is 11.5 Å². The first-order chi connectivity index (χ1) is 35.3. The zero-order valence-electron chi connectivity index (χ0n) is 44.2. The lowest BCUT2D eigenvalue weighted by Gasteiger charge is -2.47. The third-order valence-corrected chi connectivity index (χ3v) is 12.4. The first-order valence-electron chi connectivity index (χ1n) is 24.7. The summed E-state index contributed by atoms with van der Waals surface area (Å²) in [5.41, 5.74) is 1.87. The molecular formula is C58H68N4O13. The molecule has 4 amide bonds. The number of nitrogens with one attached hydrogen (secondary N) is 4. The average molecular weight is 1030 g/mol. The molecule has 0 spiro atoms. The van der Waals surface area contributed by atoms with Crippen molar-refractivity contribution in [3.8, 4) is 11.5 Å². The van der Waals surface area contributed by atoms with E-state index in [1.54, 1.807) is 50.2 Å². The highest BCUT2D eigenvalue weighted by Gasteiger charge is 2.42. The van der Waals surface area contributed by atoms with E-state index in [9.17, 15) is 38.4 Å². The third-order valence-electron chi connectivity index (χ3n) is 12.4. The molecular weight excluding hydrogens is 961 g/mol. The van der Waals surface area contributed by atoms with Crippen molar-refractivity contribution in [2.24, 2.45) is 10.8 Å². The maximum absolute atomic E-state index is 14.1. The summed E-state index contributed by atoms with van der Waals surface area (Å²) in [7, 11) is 1.38. The minimum Gasteiger partial charge on any atom is -0.462 e. The molecule has 17 nitrogen and oxygen atoms in total. The van der Waals surface area contributed by atoms with Crippen molar-refractivity contribution in [3.63, 3.8) is 0 Å². The number of hydrogen-bond donors (Lipinski definition) is 4. The minimum absolute atomic E-state index is 0.0659. The molecule has 398 valence electrons. The number of esters is 4. The molecule has 0 radical (unpaired) electrons. The lowest BCUT2D eigenvalue weighted by atomic mass is 9.62. The van der Waals surface area contributed by atoms with E-state index in [0.717, 1.165) is 18.4 Å². The van der Waals surface area contributed by atoms with Crippen molar-refractivity contribution >= 4 is 53.2 Å². The van der Waals surface area contributed by atoms with E-state index < -0.39 is 47.9 Å². The Morgan fingerprint density at radius 1 is 0.627 bits per heavy atom. The fraction of sp³-hybridized carbons (Fsp3) is 0.379. The van der Waals surface area contributed by atoms with Crippen LogP contribution in [0.3, 0.4) is 0 Å². The van der Waals surface area contributed by atoms with E-state index in [1.807, 2.05) is 19.1 Å². The number of benzene rings is 4. The van der Waals surface area contributed by atoms with Gasteiger partial charge in [0.1, 0.15) is 23.7 Å². The number of aryl methyl sites for hydroxylation is 1. The quantitative estimate of drug-likeness (QED) is 0.0327. The van der Waals surface area contributed by atoms with Crippen molar-refractivity contribution in [1.29, 1.82) is 0 Å². The molecule has 1 fully saturated rings. The first-order valence-corrected chi connectivity index (χ1v) is 24.7. The molecule has 4 unspecified atom stereocenters. The second-order valence-corrected chi connectivity index (χ2v) is 20.2. The Hall–Kier alpha value is -8.08. The summed E-state index contributed by atoms with van der Waals surface area (Å²) < 4.78 is 27.5. The van der Waals surface area contributed by atoms with Crippen LogP contribution >= 0.6 is 0 Å². The Kier molecular flexibility index (Phi) is 19.8. The van der Waals surface area contributed by atoms with Gasteiger partial charge in [0.15, 0.2) is 0 Å². The summed E-state index contributed by atoms with van der Waals surface area (Å²) in [5, 5.41) is 11.6. The first kappa shape index (κ1) is 57.8. The molecule has 0 aromatic heterocycles. The summed E-state index contributed by atoms with van der Waals surface area (Å²) in [4.78, 5) is 105. The molecule has 75 heavy (non-hydrogen) atoms. The number of ether oxygens (including phenoxy) is 5. The number of anilines is 1. The minimum atomic E-state index is -0.860. The molecule has 17 heteroatoms. The largest absolute Gasteiger partial charge is 0.462 e. The van der Waals surface area contributed by atoms with Crippen LogP contribution in [0.4, 0.5) is 5.69 Å². The lowest BCUT2D eigenvalue weighted by molar-refractivity contribution is -0.144. The van der Waals surface area contributed by atoms with Gasteiger partial charge in [-0.2, -0.15) is 0 Å². The van der Waals surface area contributed by atoms with Crippen molar-refractivity contribution in [3.05, 3.63) is 148 Å². The molecule has 1 aliphatic carbocycles. The van der Waals surface area contributed by atoms with Crippen LogP contribution in [-0.4, -0.2) is 92.6 Å². The highest BCUT2D eigenvalue weighted by molar-refractivity contribution is 6.11. The Morgan fingerprint density at radius 3 is 1.60 bits per heavy atom. The summed E-state index contributed by atoms with van der Waals surface area (Å²) in [6.45, 7) is 22.0. The average Bonchev–Trinajstić information content (AvgIpc) is 3.34. The topological polar surface area (TPSA) is 231 Å². The predicted molar refractivity (Wildman–Crippen MR) is 282 cm³/mol. The van der Waals surface area contributed by atoms with Gasteiger partial charge in [-0.25, -0.2) is 19.2 Å². The summed E-state index contributed by atoms with van der Waals surface area (Å²) >= 11 is 0. The van der Waals surface area contributed by atoms with E-state index >= 15 is 0 Å². The molecule has 1 saturated carbocycles. The summed E-state index contributed by atoms with van der Waals surface area (Å²) in [6, 6.07) is 21.6. The number of hydrogen-bond acceptors (Lipinski definition) is 13. The van der Waals surface area contributed by atoms with Crippen LogP contribution in [0.15, 0.2) is 109 Å². The summed E-state index contributed by atoms with van der Waals surface area (Å²) in [6.07, 6.45) is 1.38. The molecule has 0 bridgehead atoms. The molecule has 0 heterocycles. The van der Waals surface area contributed by atoms with Gasteiger partial charge in [-0.15, -0.1) is 0 Å².